The summed E-state index contributed by atoms with van der Waals surface area (Å²) in [6.45, 7) is 7.79. The Balaban J connectivity index is 0.00000306. The summed E-state index contributed by atoms with van der Waals surface area (Å²) in [7, 11) is 0. The van der Waals surface area contributed by atoms with Gasteiger partial charge in [0.15, 0.2) is 5.13 Å². The molecule has 0 atom stereocenters. The second-order valence-electron chi connectivity index (χ2n) is 7.72. The molecular formula is C22H28ClN5O3S2. The molecule has 1 aromatic carbocycles. The predicted molar refractivity (Wildman–Crippen MR) is 136 cm³/mol. The van der Waals surface area contributed by atoms with Gasteiger partial charge in [-0.3, -0.25) is 24.0 Å². The molecule has 0 spiro atoms. The Hall–Kier alpha value is -1.98. The number of amides is 1. The minimum absolute atomic E-state index is 0. The van der Waals surface area contributed by atoms with Crippen LogP contribution in [0.25, 0.3) is 10.2 Å². The maximum Gasteiger partial charge on any atom is 0.256 e. The van der Waals surface area contributed by atoms with E-state index in [1.807, 2.05) is 18.4 Å². The topological polar surface area (TPSA) is 80.6 Å². The lowest BCUT2D eigenvalue weighted by Gasteiger charge is -2.29. The molecule has 1 saturated heterocycles. The molecule has 1 aliphatic heterocycles. The first-order chi connectivity index (χ1) is 15.5. The van der Waals surface area contributed by atoms with Gasteiger partial charge in [-0.15, -0.1) is 24.2 Å². The number of benzene rings is 1. The Morgan fingerprint density at radius 2 is 2.03 bits per heavy atom. The summed E-state index contributed by atoms with van der Waals surface area (Å²) in [5.74, 6) is -0.172. The number of thiazole rings is 1. The molecule has 2 aromatic heterocycles. The summed E-state index contributed by atoms with van der Waals surface area (Å²) in [5, 5.41) is 0.654. The molecule has 4 rings (SSSR count). The van der Waals surface area contributed by atoms with Crippen LogP contribution >= 0.6 is 35.5 Å². The summed E-state index contributed by atoms with van der Waals surface area (Å²) in [6, 6.07) is 6.13. The van der Waals surface area contributed by atoms with Crippen LogP contribution in [0.2, 0.25) is 0 Å². The maximum atomic E-state index is 13.4. The van der Waals surface area contributed by atoms with Crippen molar-refractivity contribution >= 4 is 56.8 Å². The van der Waals surface area contributed by atoms with Crippen LogP contribution in [0.15, 0.2) is 34.2 Å². The van der Waals surface area contributed by atoms with Gasteiger partial charge in [-0.25, -0.2) is 9.97 Å². The van der Waals surface area contributed by atoms with Crippen LogP contribution in [0.1, 0.15) is 11.3 Å². The van der Waals surface area contributed by atoms with Crippen molar-refractivity contribution in [2.75, 3.05) is 50.5 Å². The molecule has 0 aliphatic carbocycles. The third-order valence-corrected chi connectivity index (χ3v) is 7.45. The Bertz CT molecular complexity index is 1180. The van der Waals surface area contributed by atoms with E-state index in [0.717, 1.165) is 34.7 Å². The second-order valence-corrected chi connectivity index (χ2v) is 9.61. The van der Waals surface area contributed by atoms with Crippen molar-refractivity contribution in [2.24, 2.45) is 0 Å². The van der Waals surface area contributed by atoms with Gasteiger partial charge in [0, 0.05) is 42.3 Å². The van der Waals surface area contributed by atoms with Crippen LogP contribution in [0.3, 0.4) is 0 Å². The first-order valence-corrected chi connectivity index (χ1v) is 12.6. The number of rotatable bonds is 7. The number of hydrogen-bond acceptors (Lipinski definition) is 8. The van der Waals surface area contributed by atoms with Crippen molar-refractivity contribution in [1.82, 2.24) is 19.4 Å². The summed E-state index contributed by atoms with van der Waals surface area (Å²) in [5.41, 5.74) is 1.92. The van der Waals surface area contributed by atoms with Crippen molar-refractivity contribution in [1.29, 1.82) is 0 Å². The summed E-state index contributed by atoms with van der Waals surface area (Å²) >= 11 is 3.18. The lowest BCUT2D eigenvalue weighted by atomic mass is 10.3. The molecule has 0 bridgehead atoms. The van der Waals surface area contributed by atoms with Gasteiger partial charge in [0.25, 0.3) is 5.56 Å². The summed E-state index contributed by atoms with van der Waals surface area (Å²) < 4.78 is 7.86. The fourth-order valence-corrected chi connectivity index (χ4v) is 5.11. The lowest BCUT2D eigenvalue weighted by molar-refractivity contribution is -0.119. The number of halogens is 1. The Kier molecular flexibility index (Phi) is 8.88. The number of thioether (sulfide) groups is 1. The van der Waals surface area contributed by atoms with Crippen molar-refractivity contribution < 1.29 is 9.53 Å². The Labute approximate surface area is 207 Å². The normalized spacial score (nSPS) is 14.3. The third kappa shape index (κ3) is 5.93. The molecule has 1 fully saturated rings. The average Bonchev–Trinajstić information content (AvgIpc) is 3.23. The zero-order valence-corrected chi connectivity index (χ0v) is 21.4. The SMILES string of the molecule is CSc1ccc2nc(N(CCN3CCOCC3)C(=O)Cn3cnc(C)c(C)c3=O)sc2c1.Cl. The molecular weight excluding hydrogens is 482 g/mol. The number of carbonyl (C=O) groups excluding carboxylic acids is 1. The number of carbonyl (C=O) groups is 1. The van der Waals surface area contributed by atoms with Crippen molar-refractivity contribution in [3.8, 4) is 0 Å². The van der Waals surface area contributed by atoms with Crippen molar-refractivity contribution in [2.45, 2.75) is 25.3 Å². The maximum absolute atomic E-state index is 13.4. The zero-order valence-electron chi connectivity index (χ0n) is 18.9. The highest BCUT2D eigenvalue weighted by molar-refractivity contribution is 7.98. The van der Waals surface area contributed by atoms with Crippen molar-refractivity contribution in [3.63, 3.8) is 0 Å². The van der Waals surface area contributed by atoms with E-state index in [4.69, 9.17) is 9.72 Å². The largest absolute Gasteiger partial charge is 0.379 e. The molecule has 3 aromatic rings. The van der Waals surface area contributed by atoms with Crippen LogP contribution in [0.4, 0.5) is 5.13 Å². The number of ether oxygens (including phenoxy) is 1. The number of morpholine rings is 1. The quantitative estimate of drug-likeness (QED) is 0.453. The number of aryl methyl sites for hydroxylation is 1. The molecule has 33 heavy (non-hydrogen) atoms. The molecule has 178 valence electrons. The minimum atomic E-state index is -0.187. The fraction of sp³-hybridized carbons (Fsp3) is 0.455. The number of aromatic nitrogens is 3. The molecule has 0 saturated carbocycles. The van der Waals surface area contributed by atoms with Crippen LogP contribution < -0.4 is 10.5 Å². The summed E-state index contributed by atoms with van der Waals surface area (Å²) in [4.78, 5) is 40.1. The molecule has 0 N–H and O–H groups in total. The Morgan fingerprint density at radius 1 is 1.27 bits per heavy atom. The number of hydrogen-bond donors (Lipinski definition) is 0. The summed E-state index contributed by atoms with van der Waals surface area (Å²) in [6.07, 6.45) is 3.49. The molecule has 8 nitrogen and oxygen atoms in total. The van der Waals surface area contributed by atoms with E-state index in [1.54, 1.807) is 30.5 Å². The molecule has 1 amide bonds. The monoisotopic (exact) mass is 509 g/mol. The van der Waals surface area contributed by atoms with Gasteiger partial charge < -0.3 is 4.74 Å². The van der Waals surface area contributed by atoms with E-state index in [2.05, 4.69) is 16.0 Å². The van der Waals surface area contributed by atoms with Gasteiger partial charge in [0.1, 0.15) is 6.54 Å². The first-order valence-electron chi connectivity index (χ1n) is 10.5. The minimum Gasteiger partial charge on any atom is -0.379 e. The first kappa shape index (κ1) is 25.6. The van der Waals surface area contributed by atoms with E-state index in [9.17, 15) is 9.59 Å². The van der Waals surface area contributed by atoms with Crippen LogP contribution in [0.5, 0.6) is 0 Å². The third-order valence-electron chi connectivity index (χ3n) is 5.68. The number of nitrogens with zero attached hydrogens (tertiary/aromatic N) is 5. The highest BCUT2D eigenvalue weighted by atomic mass is 35.5. The molecule has 3 heterocycles. The lowest BCUT2D eigenvalue weighted by Crippen LogP contribution is -2.44. The molecule has 1 aliphatic rings. The van der Waals surface area contributed by atoms with E-state index >= 15 is 0 Å². The predicted octanol–water partition coefficient (Wildman–Crippen LogP) is 2.98. The highest BCUT2D eigenvalue weighted by Crippen LogP contribution is 2.31. The van der Waals surface area contributed by atoms with Gasteiger partial charge in [0.05, 0.1) is 29.8 Å². The number of anilines is 1. The van der Waals surface area contributed by atoms with E-state index in [-0.39, 0.29) is 30.4 Å². The molecule has 0 unspecified atom stereocenters. The van der Waals surface area contributed by atoms with Gasteiger partial charge in [-0.1, -0.05) is 11.3 Å². The van der Waals surface area contributed by atoms with Gasteiger partial charge in [-0.2, -0.15) is 0 Å². The standard InChI is InChI=1S/C22H27N5O3S2.ClH/c1-15-16(2)23-14-26(21(15)29)13-20(28)27(7-6-25-8-10-30-11-9-25)22-24-18-5-4-17(31-3)12-19(18)32-22;/h4-5,12,14H,6-11,13H2,1-3H3;1H. The second kappa shape index (κ2) is 11.4. The van der Waals surface area contributed by atoms with Crippen LogP contribution in [-0.2, 0) is 16.1 Å². The number of fused-ring (bicyclic) bond motifs is 1. The van der Waals surface area contributed by atoms with Gasteiger partial charge in [0.2, 0.25) is 5.91 Å². The van der Waals surface area contributed by atoms with Gasteiger partial charge >= 0.3 is 0 Å². The van der Waals surface area contributed by atoms with E-state index in [1.165, 1.54) is 22.2 Å². The van der Waals surface area contributed by atoms with Crippen LogP contribution in [0, 0.1) is 13.8 Å². The Morgan fingerprint density at radius 3 is 2.76 bits per heavy atom. The average molecular weight is 510 g/mol. The fourth-order valence-electron chi connectivity index (χ4n) is 3.55. The molecule has 0 radical (unpaired) electrons. The smallest absolute Gasteiger partial charge is 0.256 e. The van der Waals surface area contributed by atoms with E-state index < -0.39 is 0 Å². The van der Waals surface area contributed by atoms with Crippen LogP contribution in [-0.4, -0.2) is 71.0 Å². The van der Waals surface area contributed by atoms with Gasteiger partial charge in [-0.05, 0) is 38.3 Å². The zero-order chi connectivity index (χ0) is 22.7. The van der Waals surface area contributed by atoms with Crippen molar-refractivity contribution in [3.05, 3.63) is 46.1 Å². The highest BCUT2D eigenvalue weighted by Gasteiger charge is 2.22. The van der Waals surface area contributed by atoms with E-state index in [0.29, 0.717) is 36.1 Å². The molecule has 11 heteroatoms.